The highest BCUT2D eigenvalue weighted by Gasteiger charge is 2.36. The van der Waals surface area contributed by atoms with Crippen molar-refractivity contribution in [3.8, 4) is 0 Å². The molecule has 134 valence electrons. The van der Waals surface area contributed by atoms with Crippen LogP contribution in [0.4, 0.5) is 0 Å². The zero-order chi connectivity index (χ0) is 17.4. The third kappa shape index (κ3) is 3.93. The van der Waals surface area contributed by atoms with Gasteiger partial charge in [0.05, 0.1) is 18.8 Å². The minimum absolute atomic E-state index is 0.0741. The molecule has 0 N–H and O–H groups in total. The van der Waals surface area contributed by atoms with Gasteiger partial charge in [-0.25, -0.2) is 0 Å². The summed E-state index contributed by atoms with van der Waals surface area (Å²) in [6, 6.07) is 10.5. The van der Waals surface area contributed by atoms with Gasteiger partial charge in [-0.2, -0.15) is 4.98 Å². The van der Waals surface area contributed by atoms with Crippen molar-refractivity contribution in [3.05, 3.63) is 47.6 Å². The van der Waals surface area contributed by atoms with Crippen LogP contribution >= 0.6 is 0 Å². The molecule has 2 aliphatic rings. The van der Waals surface area contributed by atoms with E-state index in [0.29, 0.717) is 12.5 Å². The van der Waals surface area contributed by atoms with Gasteiger partial charge in [0.15, 0.2) is 5.82 Å². The number of ether oxygens (including phenoxy) is 1. The smallest absolute Gasteiger partial charge is 0.240 e. The van der Waals surface area contributed by atoms with E-state index in [1.54, 1.807) is 0 Å². The van der Waals surface area contributed by atoms with Crippen LogP contribution in [0.2, 0.25) is 0 Å². The van der Waals surface area contributed by atoms with Crippen molar-refractivity contribution < 1.29 is 9.26 Å². The van der Waals surface area contributed by atoms with Crippen LogP contribution in [0, 0.1) is 5.41 Å². The topological polar surface area (TPSA) is 51.4 Å². The predicted molar refractivity (Wildman–Crippen MR) is 95.1 cm³/mol. The van der Waals surface area contributed by atoms with Crippen molar-refractivity contribution >= 4 is 0 Å². The minimum atomic E-state index is 0.0741. The second kappa shape index (κ2) is 6.54. The zero-order valence-electron chi connectivity index (χ0n) is 15.3. The number of benzene rings is 1. The van der Waals surface area contributed by atoms with Gasteiger partial charge in [-0.05, 0) is 23.8 Å². The molecule has 1 aliphatic carbocycles. The lowest BCUT2D eigenvalue weighted by Crippen LogP contribution is -2.48. The Morgan fingerprint density at radius 2 is 1.88 bits per heavy atom. The summed E-state index contributed by atoms with van der Waals surface area (Å²) in [4.78, 5) is 6.98. The highest BCUT2D eigenvalue weighted by Crippen LogP contribution is 2.38. The molecule has 1 aliphatic heterocycles. The largest absolute Gasteiger partial charge is 0.367 e. The quantitative estimate of drug-likeness (QED) is 0.843. The van der Waals surface area contributed by atoms with Gasteiger partial charge in [0, 0.05) is 19.0 Å². The molecule has 0 radical (unpaired) electrons. The van der Waals surface area contributed by atoms with E-state index < -0.39 is 0 Å². The predicted octanol–water partition coefficient (Wildman–Crippen LogP) is 3.94. The number of hydrogen-bond acceptors (Lipinski definition) is 5. The molecule has 5 nitrogen and oxygen atoms in total. The van der Waals surface area contributed by atoms with Crippen molar-refractivity contribution in [1.29, 1.82) is 0 Å². The summed E-state index contributed by atoms with van der Waals surface area (Å²) >= 11 is 0. The summed E-state index contributed by atoms with van der Waals surface area (Å²) in [5.41, 5.74) is 1.31. The minimum Gasteiger partial charge on any atom is -0.367 e. The molecule has 0 bridgehead atoms. The molecule has 0 amide bonds. The molecule has 4 rings (SSSR count). The SMILES string of the molecule is CC(C)(C)[C@H]1CN(Cc2nc(C3CC3)no2)C[C@@H](c2ccccc2)O1. The van der Waals surface area contributed by atoms with Gasteiger partial charge in [0.2, 0.25) is 5.89 Å². The van der Waals surface area contributed by atoms with E-state index in [2.05, 4.69) is 60.1 Å². The third-order valence-electron chi connectivity index (χ3n) is 5.10. The molecule has 1 aromatic heterocycles. The Morgan fingerprint density at radius 1 is 1.12 bits per heavy atom. The molecule has 25 heavy (non-hydrogen) atoms. The van der Waals surface area contributed by atoms with Crippen molar-refractivity contribution in [2.24, 2.45) is 5.41 Å². The van der Waals surface area contributed by atoms with Crippen molar-refractivity contribution in [2.45, 2.75) is 58.3 Å². The summed E-state index contributed by atoms with van der Waals surface area (Å²) in [5, 5.41) is 4.14. The summed E-state index contributed by atoms with van der Waals surface area (Å²) in [7, 11) is 0. The number of morpholine rings is 1. The van der Waals surface area contributed by atoms with Gasteiger partial charge in [-0.1, -0.05) is 56.3 Å². The van der Waals surface area contributed by atoms with E-state index in [1.165, 1.54) is 18.4 Å². The van der Waals surface area contributed by atoms with E-state index in [1.807, 2.05) is 6.07 Å². The first kappa shape index (κ1) is 16.7. The highest BCUT2D eigenvalue weighted by atomic mass is 16.5. The Labute approximate surface area is 149 Å². The van der Waals surface area contributed by atoms with Gasteiger partial charge in [-0.3, -0.25) is 4.90 Å². The Morgan fingerprint density at radius 3 is 2.56 bits per heavy atom. The van der Waals surface area contributed by atoms with Crippen molar-refractivity contribution in [3.63, 3.8) is 0 Å². The maximum absolute atomic E-state index is 6.45. The maximum atomic E-state index is 6.45. The fourth-order valence-electron chi connectivity index (χ4n) is 3.32. The van der Waals surface area contributed by atoms with Crippen LogP contribution in [0.15, 0.2) is 34.9 Å². The van der Waals surface area contributed by atoms with E-state index in [9.17, 15) is 0 Å². The average molecular weight is 341 g/mol. The summed E-state index contributed by atoms with van der Waals surface area (Å²) in [5.74, 6) is 2.14. The average Bonchev–Trinajstić information content (AvgIpc) is 3.35. The van der Waals surface area contributed by atoms with E-state index in [0.717, 1.165) is 24.8 Å². The Hall–Kier alpha value is -1.72. The van der Waals surface area contributed by atoms with Gasteiger partial charge < -0.3 is 9.26 Å². The van der Waals surface area contributed by atoms with Gasteiger partial charge in [-0.15, -0.1) is 0 Å². The second-order valence-electron chi connectivity index (χ2n) is 8.40. The maximum Gasteiger partial charge on any atom is 0.240 e. The monoisotopic (exact) mass is 341 g/mol. The van der Waals surface area contributed by atoms with E-state index in [4.69, 9.17) is 9.26 Å². The molecule has 2 fully saturated rings. The Balaban J connectivity index is 1.50. The second-order valence-corrected chi connectivity index (χ2v) is 8.40. The first-order valence-electron chi connectivity index (χ1n) is 9.24. The molecular weight excluding hydrogens is 314 g/mol. The lowest BCUT2D eigenvalue weighted by molar-refractivity contribution is -0.132. The molecule has 2 atom stereocenters. The normalized spacial score (nSPS) is 25.2. The van der Waals surface area contributed by atoms with E-state index >= 15 is 0 Å². The van der Waals surface area contributed by atoms with Gasteiger partial charge >= 0.3 is 0 Å². The van der Waals surface area contributed by atoms with Crippen molar-refractivity contribution in [2.75, 3.05) is 13.1 Å². The highest BCUT2D eigenvalue weighted by molar-refractivity contribution is 5.18. The number of nitrogens with zero attached hydrogens (tertiary/aromatic N) is 3. The van der Waals surface area contributed by atoms with Crippen LogP contribution in [0.5, 0.6) is 0 Å². The standard InChI is InChI=1S/C20H27N3O2/c1-20(2,3)17-12-23(11-16(24-17)14-7-5-4-6-8-14)13-18-21-19(22-25-18)15-9-10-15/h4-8,15-17H,9-13H2,1-3H3/t16-,17+/m0/s1. The molecule has 2 heterocycles. The van der Waals surface area contributed by atoms with E-state index in [-0.39, 0.29) is 17.6 Å². The molecule has 5 heteroatoms. The molecular formula is C20H27N3O2. The number of hydrogen-bond donors (Lipinski definition) is 0. The fraction of sp³-hybridized carbons (Fsp3) is 0.600. The Bertz CT molecular complexity index is 703. The van der Waals surface area contributed by atoms with Gasteiger partial charge in [0.1, 0.15) is 0 Å². The summed E-state index contributed by atoms with van der Waals surface area (Å²) < 4.78 is 11.9. The molecule has 1 saturated carbocycles. The third-order valence-corrected chi connectivity index (χ3v) is 5.10. The first-order chi connectivity index (χ1) is 12.0. The van der Waals surface area contributed by atoms with Crippen LogP contribution in [-0.2, 0) is 11.3 Å². The lowest BCUT2D eigenvalue weighted by atomic mass is 9.87. The van der Waals surface area contributed by atoms with Crippen LogP contribution in [0.3, 0.4) is 0 Å². The van der Waals surface area contributed by atoms with Crippen LogP contribution in [-0.4, -0.2) is 34.2 Å². The first-order valence-corrected chi connectivity index (χ1v) is 9.24. The number of rotatable bonds is 4. The number of aromatic nitrogens is 2. The fourth-order valence-corrected chi connectivity index (χ4v) is 3.32. The molecule has 1 saturated heterocycles. The zero-order valence-corrected chi connectivity index (χ0v) is 15.3. The lowest BCUT2D eigenvalue weighted by Gasteiger charge is -2.43. The molecule has 0 unspecified atom stereocenters. The summed E-state index contributed by atoms with van der Waals surface area (Å²) in [6.45, 7) is 9.13. The van der Waals surface area contributed by atoms with Crippen LogP contribution in [0.1, 0.15) is 62.9 Å². The molecule has 2 aromatic rings. The summed E-state index contributed by atoms with van der Waals surface area (Å²) in [6.07, 6.45) is 2.62. The molecule has 0 spiro atoms. The van der Waals surface area contributed by atoms with Crippen molar-refractivity contribution in [1.82, 2.24) is 15.0 Å². The molecule has 1 aromatic carbocycles. The Kier molecular flexibility index (Phi) is 4.38. The van der Waals surface area contributed by atoms with Gasteiger partial charge in [0.25, 0.3) is 0 Å². The van der Waals surface area contributed by atoms with Crippen LogP contribution < -0.4 is 0 Å². The van der Waals surface area contributed by atoms with Crippen LogP contribution in [0.25, 0.3) is 0 Å².